The van der Waals surface area contributed by atoms with Crippen LogP contribution in [0.2, 0.25) is 0 Å². The molecule has 0 aliphatic rings. The van der Waals surface area contributed by atoms with Crippen LogP contribution in [0.3, 0.4) is 0 Å². The Morgan fingerprint density at radius 3 is 2.52 bits per heavy atom. The molecule has 0 atom stereocenters. The van der Waals surface area contributed by atoms with E-state index in [4.69, 9.17) is 4.74 Å². The number of halogens is 3. The van der Waals surface area contributed by atoms with Crippen LogP contribution in [0.15, 0.2) is 30.3 Å². The summed E-state index contributed by atoms with van der Waals surface area (Å²) < 4.78 is 44.0. The summed E-state index contributed by atoms with van der Waals surface area (Å²) >= 11 is 0. The van der Waals surface area contributed by atoms with Crippen LogP contribution in [0.1, 0.15) is 17.1 Å². The fraction of sp³-hybridized carbons (Fsp3) is 0.294. The van der Waals surface area contributed by atoms with E-state index in [1.807, 2.05) is 24.3 Å². The maximum absolute atomic E-state index is 13.0. The number of nitrogens with zero attached hydrogens (tertiary/aromatic N) is 2. The number of fused-ring (bicyclic) bond motifs is 1. The molecule has 3 aromatic rings. The van der Waals surface area contributed by atoms with Crippen LogP contribution in [0.25, 0.3) is 11.0 Å². The Morgan fingerprint density at radius 2 is 1.88 bits per heavy atom. The van der Waals surface area contributed by atoms with Gasteiger partial charge in [0.05, 0.1) is 12.5 Å². The number of ether oxygens (including phenoxy) is 1. The van der Waals surface area contributed by atoms with E-state index in [-0.39, 0.29) is 11.5 Å². The Labute approximate surface area is 142 Å². The minimum Gasteiger partial charge on any atom is -0.497 e. The molecule has 3 rings (SSSR count). The van der Waals surface area contributed by atoms with Crippen LogP contribution in [-0.4, -0.2) is 28.6 Å². The number of aromatic amines is 1. The number of aromatic nitrogens is 3. The van der Waals surface area contributed by atoms with Gasteiger partial charge in [0, 0.05) is 12.2 Å². The predicted octanol–water partition coefficient (Wildman–Crippen LogP) is 3.95. The molecule has 2 N–H and O–H groups in total. The lowest BCUT2D eigenvalue weighted by atomic mass is 10.1. The Balaban J connectivity index is 1.79. The molecular formula is C17H17F3N4O. The number of methoxy groups -OCH3 is 1. The second kappa shape index (κ2) is 6.62. The highest BCUT2D eigenvalue weighted by molar-refractivity contribution is 5.87. The summed E-state index contributed by atoms with van der Waals surface area (Å²) in [4.78, 5) is 10.1. The second-order valence-electron chi connectivity index (χ2n) is 5.63. The summed E-state index contributed by atoms with van der Waals surface area (Å²) in [7, 11) is 1.59. The highest BCUT2D eigenvalue weighted by atomic mass is 19.4. The van der Waals surface area contributed by atoms with Gasteiger partial charge in [0.1, 0.15) is 17.2 Å². The second-order valence-corrected chi connectivity index (χ2v) is 5.63. The standard InChI is InChI=1S/C17H17F3N4O/c1-10-9-13-14(23-16(17(18,19)20)24-15(13)22-10)21-8-7-11-3-5-12(25-2)6-4-11/h3-6,9H,7-8H2,1-2H3,(H2,21,22,23,24). The molecular weight excluding hydrogens is 333 g/mol. The van der Waals surface area contributed by atoms with Crippen LogP contribution in [-0.2, 0) is 12.6 Å². The van der Waals surface area contributed by atoms with Crippen molar-refractivity contribution in [1.82, 2.24) is 15.0 Å². The van der Waals surface area contributed by atoms with E-state index in [0.29, 0.717) is 18.4 Å². The van der Waals surface area contributed by atoms with Gasteiger partial charge >= 0.3 is 6.18 Å². The van der Waals surface area contributed by atoms with Gasteiger partial charge in [-0.2, -0.15) is 13.2 Å². The van der Waals surface area contributed by atoms with Crippen LogP contribution >= 0.6 is 0 Å². The minimum absolute atomic E-state index is 0.173. The van der Waals surface area contributed by atoms with Crippen molar-refractivity contribution < 1.29 is 17.9 Å². The maximum Gasteiger partial charge on any atom is 0.451 e. The average Bonchev–Trinajstić information content (AvgIpc) is 2.95. The molecule has 132 valence electrons. The van der Waals surface area contributed by atoms with Gasteiger partial charge in [-0.05, 0) is 37.1 Å². The molecule has 0 saturated heterocycles. The molecule has 2 aromatic heterocycles. The number of aryl methyl sites for hydroxylation is 1. The molecule has 5 nitrogen and oxygen atoms in total. The van der Waals surface area contributed by atoms with Gasteiger partial charge in [0.15, 0.2) is 0 Å². The SMILES string of the molecule is COc1ccc(CCNc2nc(C(F)(F)F)nc3[nH]c(C)cc23)cc1. The molecule has 0 aliphatic carbocycles. The third-order valence-electron chi connectivity index (χ3n) is 3.74. The van der Waals surface area contributed by atoms with Gasteiger partial charge in [-0.1, -0.05) is 12.1 Å². The molecule has 0 radical (unpaired) electrons. The Kier molecular flexibility index (Phi) is 4.52. The van der Waals surface area contributed by atoms with E-state index in [2.05, 4.69) is 20.3 Å². The Hall–Kier alpha value is -2.77. The Bertz CT molecular complexity index is 872. The van der Waals surface area contributed by atoms with Crippen molar-refractivity contribution in [3.05, 3.63) is 47.4 Å². The molecule has 0 spiro atoms. The largest absolute Gasteiger partial charge is 0.497 e. The summed E-state index contributed by atoms with van der Waals surface area (Å²) in [6.07, 6.45) is -3.96. The van der Waals surface area contributed by atoms with Gasteiger partial charge < -0.3 is 15.0 Å². The molecule has 25 heavy (non-hydrogen) atoms. The topological polar surface area (TPSA) is 62.8 Å². The molecule has 8 heteroatoms. The lowest BCUT2D eigenvalue weighted by molar-refractivity contribution is -0.144. The molecule has 0 aliphatic heterocycles. The van der Waals surface area contributed by atoms with Crippen molar-refractivity contribution in [2.45, 2.75) is 19.5 Å². The number of hydrogen-bond acceptors (Lipinski definition) is 4. The van der Waals surface area contributed by atoms with Gasteiger partial charge in [0.2, 0.25) is 5.82 Å². The van der Waals surface area contributed by atoms with Crippen LogP contribution in [0, 0.1) is 6.92 Å². The minimum atomic E-state index is -4.60. The number of rotatable bonds is 5. The van der Waals surface area contributed by atoms with Gasteiger partial charge in [-0.15, -0.1) is 0 Å². The number of alkyl halides is 3. The fourth-order valence-electron chi connectivity index (χ4n) is 2.52. The maximum atomic E-state index is 13.0. The first kappa shape index (κ1) is 17.1. The normalized spacial score (nSPS) is 11.7. The summed E-state index contributed by atoms with van der Waals surface area (Å²) in [5, 5.41) is 3.53. The molecule has 0 amide bonds. The van der Waals surface area contributed by atoms with Gasteiger partial charge in [0.25, 0.3) is 0 Å². The van der Waals surface area contributed by atoms with E-state index in [1.54, 1.807) is 20.1 Å². The van der Waals surface area contributed by atoms with Gasteiger partial charge in [-0.25, -0.2) is 9.97 Å². The summed E-state index contributed by atoms with van der Waals surface area (Å²) in [5.41, 5.74) is 1.94. The molecule has 0 unspecified atom stereocenters. The monoisotopic (exact) mass is 350 g/mol. The number of H-pyrrole nitrogens is 1. The lowest BCUT2D eigenvalue weighted by Gasteiger charge is -2.10. The van der Waals surface area contributed by atoms with Crippen molar-refractivity contribution in [1.29, 1.82) is 0 Å². The Morgan fingerprint density at radius 1 is 1.16 bits per heavy atom. The fourth-order valence-corrected chi connectivity index (χ4v) is 2.52. The number of benzene rings is 1. The van der Waals surface area contributed by atoms with E-state index in [9.17, 15) is 13.2 Å². The van der Waals surface area contributed by atoms with E-state index >= 15 is 0 Å². The summed E-state index contributed by atoms with van der Waals surface area (Å²) in [5.74, 6) is -0.226. The quantitative estimate of drug-likeness (QED) is 0.731. The van der Waals surface area contributed by atoms with Crippen LogP contribution in [0.5, 0.6) is 5.75 Å². The van der Waals surface area contributed by atoms with Crippen molar-refractivity contribution in [2.24, 2.45) is 0 Å². The first-order valence-electron chi connectivity index (χ1n) is 7.68. The lowest BCUT2D eigenvalue weighted by Crippen LogP contribution is -2.14. The summed E-state index contributed by atoms with van der Waals surface area (Å²) in [6.45, 7) is 2.20. The number of anilines is 1. The molecule has 0 fully saturated rings. The third kappa shape index (κ3) is 3.84. The van der Waals surface area contributed by atoms with Crippen LogP contribution in [0.4, 0.5) is 19.0 Å². The molecule has 0 bridgehead atoms. The van der Waals surface area contributed by atoms with Crippen LogP contribution < -0.4 is 10.1 Å². The summed E-state index contributed by atoms with van der Waals surface area (Å²) in [6, 6.07) is 9.24. The first-order chi connectivity index (χ1) is 11.9. The van der Waals surface area contributed by atoms with Gasteiger partial charge in [-0.3, -0.25) is 0 Å². The van der Waals surface area contributed by atoms with Crippen molar-refractivity contribution >= 4 is 16.9 Å². The number of nitrogens with one attached hydrogen (secondary N) is 2. The number of hydrogen-bond donors (Lipinski definition) is 2. The zero-order valence-electron chi connectivity index (χ0n) is 13.7. The van der Waals surface area contributed by atoms with Crippen molar-refractivity contribution in [3.63, 3.8) is 0 Å². The highest BCUT2D eigenvalue weighted by Gasteiger charge is 2.35. The third-order valence-corrected chi connectivity index (χ3v) is 3.74. The zero-order valence-corrected chi connectivity index (χ0v) is 13.7. The first-order valence-corrected chi connectivity index (χ1v) is 7.68. The average molecular weight is 350 g/mol. The van der Waals surface area contributed by atoms with E-state index in [0.717, 1.165) is 17.0 Å². The van der Waals surface area contributed by atoms with E-state index < -0.39 is 12.0 Å². The molecule has 2 heterocycles. The van der Waals surface area contributed by atoms with Crippen molar-refractivity contribution in [3.8, 4) is 5.75 Å². The van der Waals surface area contributed by atoms with E-state index in [1.165, 1.54) is 0 Å². The predicted molar refractivity (Wildman–Crippen MR) is 88.8 cm³/mol. The highest BCUT2D eigenvalue weighted by Crippen LogP contribution is 2.30. The zero-order chi connectivity index (χ0) is 18.0. The molecule has 1 aromatic carbocycles. The van der Waals surface area contributed by atoms with Crippen molar-refractivity contribution in [2.75, 3.05) is 19.0 Å². The smallest absolute Gasteiger partial charge is 0.451 e. The molecule has 0 saturated carbocycles.